The molecule has 1 N–H and O–H groups in total. The lowest BCUT2D eigenvalue weighted by Gasteiger charge is -2.27. The minimum absolute atomic E-state index is 0.216. The molecule has 19 heavy (non-hydrogen) atoms. The Labute approximate surface area is 114 Å². The molecule has 2 rings (SSSR count). The molecular formula is C14H23N5. The quantitative estimate of drug-likeness (QED) is 0.919. The third kappa shape index (κ3) is 3.16. The van der Waals surface area contributed by atoms with Crippen molar-refractivity contribution in [2.45, 2.75) is 27.7 Å². The van der Waals surface area contributed by atoms with E-state index in [1.54, 1.807) is 6.20 Å². The Morgan fingerprint density at radius 1 is 1.37 bits per heavy atom. The fourth-order valence-electron chi connectivity index (χ4n) is 2.22. The average Bonchev–Trinajstić information content (AvgIpc) is 2.73. The van der Waals surface area contributed by atoms with Gasteiger partial charge in [0.2, 0.25) is 0 Å². The number of anilines is 2. The summed E-state index contributed by atoms with van der Waals surface area (Å²) < 4.78 is 2.01. The van der Waals surface area contributed by atoms with Crippen LogP contribution in [0.25, 0.3) is 5.65 Å². The van der Waals surface area contributed by atoms with E-state index >= 15 is 0 Å². The van der Waals surface area contributed by atoms with E-state index in [4.69, 9.17) is 0 Å². The molecule has 0 radical (unpaired) electrons. The number of imidazole rings is 1. The van der Waals surface area contributed by atoms with Crippen molar-refractivity contribution in [3.63, 3.8) is 0 Å². The SMILES string of the molecule is CCNc1cn2ccnc2c(N(C)CC(C)(C)C)n1. The molecule has 2 heterocycles. The molecule has 0 fully saturated rings. The van der Waals surface area contributed by atoms with Crippen LogP contribution in [0.3, 0.4) is 0 Å². The molecule has 0 spiro atoms. The molecular weight excluding hydrogens is 238 g/mol. The van der Waals surface area contributed by atoms with Crippen molar-refractivity contribution in [3.8, 4) is 0 Å². The van der Waals surface area contributed by atoms with Crippen LogP contribution in [0.1, 0.15) is 27.7 Å². The number of nitrogens with one attached hydrogen (secondary N) is 1. The minimum atomic E-state index is 0.216. The van der Waals surface area contributed by atoms with Crippen LogP contribution in [0.15, 0.2) is 18.6 Å². The van der Waals surface area contributed by atoms with Gasteiger partial charge in [0.15, 0.2) is 11.5 Å². The van der Waals surface area contributed by atoms with Crippen LogP contribution in [-0.2, 0) is 0 Å². The van der Waals surface area contributed by atoms with Crippen molar-refractivity contribution in [1.82, 2.24) is 14.4 Å². The highest BCUT2D eigenvalue weighted by Crippen LogP contribution is 2.23. The Morgan fingerprint density at radius 2 is 2.11 bits per heavy atom. The van der Waals surface area contributed by atoms with Gasteiger partial charge in [0, 0.05) is 32.5 Å². The molecule has 104 valence electrons. The highest BCUT2D eigenvalue weighted by atomic mass is 15.2. The lowest BCUT2D eigenvalue weighted by atomic mass is 9.96. The summed E-state index contributed by atoms with van der Waals surface area (Å²) in [4.78, 5) is 11.3. The molecule has 2 aromatic heterocycles. The summed E-state index contributed by atoms with van der Waals surface area (Å²) in [7, 11) is 2.07. The van der Waals surface area contributed by atoms with Crippen molar-refractivity contribution in [2.75, 3.05) is 30.4 Å². The zero-order valence-corrected chi connectivity index (χ0v) is 12.4. The molecule has 5 heteroatoms. The van der Waals surface area contributed by atoms with Gasteiger partial charge < -0.3 is 14.6 Å². The van der Waals surface area contributed by atoms with Crippen LogP contribution >= 0.6 is 0 Å². The molecule has 5 nitrogen and oxygen atoms in total. The second-order valence-electron chi connectivity index (χ2n) is 6.05. The van der Waals surface area contributed by atoms with Crippen molar-refractivity contribution in [2.24, 2.45) is 5.41 Å². The van der Waals surface area contributed by atoms with E-state index in [9.17, 15) is 0 Å². The van der Waals surface area contributed by atoms with Crippen LogP contribution in [-0.4, -0.2) is 34.5 Å². The van der Waals surface area contributed by atoms with Gasteiger partial charge in [-0.15, -0.1) is 0 Å². The van der Waals surface area contributed by atoms with E-state index in [0.717, 1.165) is 30.4 Å². The first-order chi connectivity index (χ1) is 8.90. The van der Waals surface area contributed by atoms with Crippen molar-refractivity contribution >= 4 is 17.3 Å². The third-order valence-electron chi connectivity index (χ3n) is 2.79. The summed E-state index contributed by atoms with van der Waals surface area (Å²) in [6, 6.07) is 0. The molecule has 0 atom stereocenters. The second-order valence-corrected chi connectivity index (χ2v) is 6.05. The first-order valence-corrected chi connectivity index (χ1v) is 6.69. The van der Waals surface area contributed by atoms with Gasteiger partial charge in [-0.2, -0.15) is 0 Å². The summed E-state index contributed by atoms with van der Waals surface area (Å²) in [5.74, 6) is 1.79. The highest BCUT2D eigenvalue weighted by molar-refractivity contribution is 5.66. The van der Waals surface area contributed by atoms with E-state index in [1.165, 1.54) is 0 Å². The van der Waals surface area contributed by atoms with E-state index in [2.05, 4.69) is 54.9 Å². The molecule has 0 saturated heterocycles. The molecule has 0 aromatic carbocycles. The molecule has 0 saturated carbocycles. The van der Waals surface area contributed by atoms with E-state index in [1.807, 2.05) is 16.8 Å². The molecule has 0 bridgehead atoms. The van der Waals surface area contributed by atoms with Crippen LogP contribution in [0.2, 0.25) is 0 Å². The predicted molar refractivity (Wildman–Crippen MR) is 79.9 cm³/mol. The van der Waals surface area contributed by atoms with Gasteiger partial charge in [0.1, 0.15) is 5.82 Å². The van der Waals surface area contributed by atoms with Gasteiger partial charge in [0.05, 0.1) is 6.20 Å². The third-order valence-corrected chi connectivity index (χ3v) is 2.79. The molecule has 0 unspecified atom stereocenters. The highest BCUT2D eigenvalue weighted by Gasteiger charge is 2.18. The Kier molecular flexibility index (Phi) is 3.64. The van der Waals surface area contributed by atoms with Gasteiger partial charge in [-0.3, -0.25) is 0 Å². The van der Waals surface area contributed by atoms with Crippen LogP contribution in [0, 0.1) is 5.41 Å². The molecule has 0 amide bonds. The smallest absolute Gasteiger partial charge is 0.180 e. The fraction of sp³-hybridized carbons (Fsp3) is 0.571. The molecule has 2 aromatic rings. The lowest BCUT2D eigenvalue weighted by Crippen LogP contribution is -2.30. The number of hydrogen-bond acceptors (Lipinski definition) is 4. The van der Waals surface area contributed by atoms with Crippen LogP contribution < -0.4 is 10.2 Å². The maximum Gasteiger partial charge on any atom is 0.180 e. The Morgan fingerprint density at radius 3 is 2.74 bits per heavy atom. The first-order valence-electron chi connectivity index (χ1n) is 6.69. The largest absolute Gasteiger partial charge is 0.369 e. The summed E-state index contributed by atoms with van der Waals surface area (Å²) >= 11 is 0. The number of fused-ring (bicyclic) bond motifs is 1. The molecule has 0 aliphatic rings. The first kappa shape index (κ1) is 13.6. The Bertz CT molecular complexity index is 552. The van der Waals surface area contributed by atoms with E-state index in [0.29, 0.717) is 0 Å². The van der Waals surface area contributed by atoms with Crippen molar-refractivity contribution < 1.29 is 0 Å². The standard InChI is InChI=1S/C14H23N5/c1-6-15-11-9-19-8-7-16-12(19)13(17-11)18(5)10-14(2,3)4/h7-9,15H,6,10H2,1-5H3. The van der Waals surface area contributed by atoms with Crippen LogP contribution in [0.4, 0.5) is 11.6 Å². The molecule has 0 aliphatic carbocycles. The summed E-state index contributed by atoms with van der Waals surface area (Å²) in [6.07, 6.45) is 5.73. The summed E-state index contributed by atoms with van der Waals surface area (Å²) in [5.41, 5.74) is 1.11. The van der Waals surface area contributed by atoms with Gasteiger partial charge in [0.25, 0.3) is 0 Å². The van der Waals surface area contributed by atoms with Crippen molar-refractivity contribution in [3.05, 3.63) is 18.6 Å². The summed E-state index contributed by atoms with van der Waals surface area (Å²) in [5, 5.41) is 3.26. The maximum atomic E-state index is 4.68. The van der Waals surface area contributed by atoms with Gasteiger partial charge in [-0.05, 0) is 12.3 Å². The zero-order chi connectivity index (χ0) is 14.0. The number of aromatic nitrogens is 3. The Hall–Kier alpha value is -1.78. The number of hydrogen-bond donors (Lipinski definition) is 1. The zero-order valence-electron chi connectivity index (χ0n) is 12.4. The monoisotopic (exact) mass is 261 g/mol. The van der Waals surface area contributed by atoms with Gasteiger partial charge in [-0.25, -0.2) is 9.97 Å². The molecule has 0 aliphatic heterocycles. The second kappa shape index (κ2) is 5.07. The predicted octanol–water partition coefficient (Wildman–Crippen LogP) is 2.64. The lowest BCUT2D eigenvalue weighted by molar-refractivity contribution is 0.418. The number of rotatable bonds is 4. The van der Waals surface area contributed by atoms with E-state index < -0.39 is 0 Å². The van der Waals surface area contributed by atoms with Gasteiger partial charge >= 0.3 is 0 Å². The van der Waals surface area contributed by atoms with Gasteiger partial charge in [-0.1, -0.05) is 20.8 Å². The van der Waals surface area contributed by atoms with Crippen LogP contribution in [0.5, 0.6) is 0 Å². The summed E-state index contributed by atoms with van der Waals surface area (Å²) in [6.45, 7) is 10.5. The topological polar surface area (TPSA) is 45.5 Å². The fourth-order valence-corrected chi connectivity index (χ4v) is 2.22. The Balaban J connectivity index is 2.42. The van der Waals surface area contributed by atoms with Crippen molar-refractivity contribution in [1.29, 1.82) is 0 Å². The number of nitrogens with zero attached hydrogens (tertiary/aromatic N) is 4. The maximum absolute atomic E-state index is 4.68. The van der Waals surface area contributed by atoms with E-state index in [-0.39, 0.29) is 5.41 Å². The average molecular weight is 261 g/mol. The normalized spacial score (nSPS) is 11.8. The minimum Gasteiger partial charge on any atom is -0.369 e.